The zero-order valence-corrected chi connectivity index (χ0v) is 9.92. The van der Waals surface area contributed by atoms with Crippen LogP contribution in [0.3, 0.4) is 0 Å². The molecule has 0 bridgehead atoms. The first-order valence-electron chi connectivity index (χ1n) is 4.50. The molecule has 0 amide bonds. The fourth-order valence-corrected chi connectivity index (χ4v) is 1.41. The van der Waals surface area contributed by atoms with E-state index in [0.29, 0.717) is 15.8 Å². The lowest BCUT2D eigenvalue weighted by Crippen LogP contribution is -2.10. The molecule has 0 N–H and O–H groups in total. The number of carbonyl (C=O) groups is 1. The third-order valence-electron chi connectivity index (χ3n) is 1.65. The van der Waals surface area contributed by atoms with Gasteiger partial charge in [-0.2, -0.15) is 0 Å². The number of halogens is 2. The van der Waals surface area contributed by atoms with E-state index in [0.717, 1.165) is 6.08 Å². The Hall–Kier alpha value is -1.19. The zero-order chi connectivity index (χ0) is 12.0. The molecule has 0 unspecified atom stereocenters. The summed E-state index contributed by atoms with van der Waals surface area (Å²) >= 11 is 11.6. The molecular weight excluding hydrogens is 251 g/mol. The van der Waals surface area contributed by atoms with Crippen molar-refractivity contribution in [3.8, 4) is 5.75 Å². The van der Waals surface area contributed by atoms with Gasteiger partial charge in [0.25, 0.3) is 0 Å². The number of hydrogen-bond donors (Lipinski definition) is 0. The first-order chi connectivity index (χ1) is 7.63. The smallest absolute Gasteiger partial charge is 0.330 e. The SMILES string of the molecule is C=CC(=O)OCCOc1ccc(Cl)cc1Cl. The highest BCUT2D eigenvalue weighted by atomic mass is 35.5. The van der Waals surface area contributed by atoms with Crippen molar-refractivity contribution in [2.45, 2.75) is 0 Å². The predicted octanol–water partition coefficient (Wildman–Crippen LogP) is 3.10. The number of rotatable bonds is 5. The second kappa shape index (κ2) is 6.40. The van der Waals surface area contributed by atoms with Crippen LogP contribution in [0, 0.1) is 0 Å². The monoisotopic (exact) mass is 260 g/mol. The Balaban J connectivity index is 2.37. The van der Waals surface area contributed by atoms with Crippen molar-refractivity contribution in [2.24, 2.45) is 0 Å². The molecule has 0 aliphatic carbocycles. The van der Waals surface area contributed by atoms with Crippen molar-refractivity contribution < 1.29 is 14.3 Å². The van der Waals surface area contributed by atoms with Gasteiger partial charge in [0.15, 0.2) is 0 Å². The van der Waals surface area contributed by atoms with Gasteiger partial charge in [0, 0.05) is 11.1 Å². The van der Waals surface area contributed by atoms with Crippen molar-refractivity contribution in [3.05, 3.63) is 40.9 Å². The summed E-state index contributed by atoms with van der Waals surface area (Å²) in [5.41, 5.74) is 0. The molecule has 0 saturated heterocycles. The van der Waals surface area contributed by atoms with Gasteiger partial charge in [-0.05, 0) is 18.2 Å². The lowest BCUT2D eigenvalue weighted by molar-refractivity contribution is -0.138. The van der Waals surface area contributed by atoms with E-state index in [1.165, 1.54) is 0 Å². The Labute approximate surface area is 104 Å². The van der Waals surface area contributed by atoms with Crippen LogP contribution in [0.15, 0.2) is 30.9 Å². The highest BCUT2D eigenvalue weighted by Crippen LogP contribution is 2.27. The Morgan fingerprint density at radius 2 is 2.12 bits per heavy atom. The predicted molar refractivity (Wildman–Crippen MR) is 63.1 cm³/mol. The standard InChI is InChI=1S/C11H10Cl2O3/c1-2-11(14)16-6-5-15-10-4-3-8(12)7-9(10)13/h2-4,7H,1,5-6H2. The summed E-state index contributed by atoms with van der Waals surface area (Å²) in [6.45, 7) is 3.64. The normalized spacial score (nSPS) is 9.62. The van der Waals surface area contributed by atoms with Gasteiger partial charge in [-0.3, -0.25) is 0 Å². The first kappa shape index (κ1) is 12.9. The van der Waals surface area contributed by atoms with Crippen LogP contribution in [-0.2, 0) is 9.53 Å². The minimum Gasteiger partial charge on any atom is -0.488 e. The maximum Gasteiger partial charge on any atom is 0.330 e. The summed E-state index contributed by atoms with van der Waals surface area (Å²) in [6.07, 6.45) is 1.09. The highest BCUT2D eigenvalue weighted by molar-refractivity contribution is 6.35. The average molecular weight is 261 g/mol. The second-order valence-corrected chi connectivity index (χ2v) is 3.64. The zero-order valence-electron chi connectivity index (χ0n) is 8.41. The van der Waals surface area contributed by atoms with Gasteiger partial charge in [-0.1, -0.05) is 29.8 Å². The molecule has 0 fully saturated rings. The van der Waals surface area contributed by atoms with Crippen LogP contribution in [0.1, 0.15) is 0 Å². The second-order valence-electron chi connectivity index (χ2n) is 2.79. The average Bonchev–Trinajstić information content (AvgIpc) is 2.26. The Morgan fingerprint density at radius 1 is 1.38 bits per heavy atom. The molecule has 1 rings (SSSR count). The maximum absolute atomic E-state index is 10.7. The van der Waals surface area contributed by atoms with Crippen molar-refractivity contribution in [1.82, 2.24) is 0 Å². The highest BCUT2D eigenvalue weighted by Gasteiger charge is 2.02. The number of benzene rings is 1. The van der Waals surface area contributed by atoms with Crippen LogP contribution in [0.5, 0.6) is 5.75 Å². The molecule has 86 valence electrons. The summed E-state index contributed by atoms with van der Waals surface area (Å²) in [4.78, 5) is 10.7. The van der Waals surface area contributed by atoms with Crippen molar-refractivity contribution >= 4 is 29.2 Å². The molecule has 16 heavy (non-hydrogen) atoms. The molecule has 1 aromatic rings. The quantitative estimate of drug-likeness (QED) is 0.464. The molecule has 0 radical (unpaired) electrons. The fraction of sp³-hybridized carbons (Fsp3) is 0.182. The summed E-state index contributed by atoms with van der Waals surface area (Å²) in [7, 11) is 0. The molecule has 0 heterocycles. The molecule has 0 aromatic heterocycles. The van der Waals surface area contributed by atoms with Crippen LogP contribution in [0.2, 0.25) is 10.0 Å². The summed E-state index contributed by atoms with van der Waals surface area (Å²) < 4.78 is 10.0. The van der Waals surface area contributed by atoms with Crippen LogP contribution in [-0.4, -0.2) is 19.2 Å². The van der Waals surface area contributed by atoms with Crippen molar-refractivity contribution in [1.29, 1.82) is 0 Å². The van der Waals surface area contributed by atoms with E-state index in [1.54, 1.807) is 18.2 Å². The molecule has 3 nitrogen and oxygen atoms in total. The maximum atomic E-state index is 10.7. The van der Waals surface area contributed by atoms with E-state index < -0.39 is 5.97 Å². The van der Waals surface area contributed by atoms with Gasteiger partial charge < -0.3 is 9.47 Å². The van der Waals surface area contributed by atoms with E-state index in [2.05, 4.69) is 6.58 Å². The third kappa shape index (κ3) is 4.13. The molecule has 0 atom stereocenters. The number of carbonyl (C=O) groups excluding carboxylic acids is 1. The molecule has 5 heteroatoms. The van der Waals surface area contributed by atoms with Gasteiger partial charge in [0.05, 0.1) is 5.02 Å². The minimum absolute atomic E-state index is 0.143. The van der Waals surface area contributed by atoms with Gasteiger partial charge in [-0.25, -0.2) is 4.79 Å². The fourth-order valence-electron chi connectivity index (χ4n) is 0.945. The van der Waals surface area contributed by atoms with Crippen LogP contribution in [0.4, 0.5) is 0 Å². The van der Waals surface area contributed by atoms with Gasteiger partial charge in [0.2, 0.25) is 0 Å². The number of ether oxygens (including phenoxy) is 2. The third-order valence-corrected chi connectivity index (χ3v) is 2.18. The summed E-state index contributed by atoms with van der Waals surface area (Å²) in [5, 5.41) is 0.956. The first-order valence-corrected chi connectivity index (χ1v) is 5.26. The molecule has 0 saturated carbocycles. The largest absolute Gasteiger partial charge is 0.488 e. The van der Waals surface area contributed by atoms with Gasteiger partial charge >= 0.3 is 5.97 Å². The Kier molecular flexibility index (Phi) is 5.15. The lowest BCUT2D eigenvalue weighted by atomic mass is 10.3. The van der Waals surface area contributed by atoms with Crippen molar-refractivity contribution in [3.63, 3.8) is 0 Å². The number of esters is 1. The molecule has 0 spiro atoms. The molecule has 0 aliphatic rings. The Morgan fingerprint density at radius 3 is 2.75 bits per heavy atom. The van der Waals surface area contributed by atoms with E-state index in [-0.39, 0.29) is 13.2 Å². The van der Waals surface area contributed by atoms with Crippen molar-refractivity contribution in [2.75, 3.05) is 13.2 Å². The molecule has 1 aromatic carbocycles. The minimum atomic E-state index is -0.481. The van der Waals surface area contributed by atoms with Crippen LogP contribution in [0.25, 0.3) is 0 Å². The topological polar surface area (TPSA) is 35.5 Å². The lowest BCUT2D eigenvalue weighted by Gasteiger charge is -2.07. The number of hydrogen-bond acceptors (Lipinski definition) is 3. The van der Waals surface area contributed by atoms with Gasteiger partial charge in [0.1, 0.15) is 19.0 Å². The molecular formula is C11H10Cl2O3. The van der Waals surface area contributed by atoms with Gasteiger partial charge in [-0.15, -0.1) is 0 Å². The van der Waals surface area contributed by atoms with Crippen LogP contribution >= 0.6 is 23.2 Å². The van der Waals surface area contributed by atoms with Crippen LogP contribution < -0.4 is 4.74 Å². The van der Waals surface area contributed by atoms with E-state index in [1.807, 2.05) is 0 Å². The van der Waals surface area contributed by atoms with E-state index >= 15 is 0 Å². The Bertz CT molecular complexity index is 391. The summed E-state index contributed by atoms with van der Waals surface area (Å²) in [5.74, 6) is 0.0199. The molecule has 0 aliphatic heterocycles. The summed E-state index contributed by atoms with van der Waals surface area (Å²) in [6, 6.07) is 4.90. The van der Waals surface area contributed by atoms with E-state index in [4.69, 9.17) is 32.7 Å². The van der Waals surface area contributed by atoms with E-state index in [9.17, 15) is 4.79 Å².